The molecule has 7 nitrogen and oxygen atoms in total. The van der Waals surface area contributed by atoms with Gasteiger partial charge in [0.25, 0.3) is 0 Å². The number of sulfone groups is 1. The molecule has 0 bridgehead atoms. The van der Waals surface area contributed by atoms with Crippen molar-refractivity contribution in [3.63, 3.8) is 0 Å². The van der Waals surface area contributed by atoms with Crippen LogP contribution in [0.5, 0.6) is 0 Å². The van der Waals surface area contributed by atoms with Gasteiger partial charge in [-0.05, 0) is 12.1 Å². The van der Waals surface area contributed by atoms with Crippen molar-refractivity contribution >= 4 is 44.9 Å². The number of hydrogen-bond acceptors (Lipinski definition) is 5. The summed E-state index contributed by atoms with van der Waals surface area (Å²) in [4.78, 5) is 21.9. The smallest absolute Gasteiger partial charge is 0.338 e. The Hall–Kier alpha value is -1.82. The van der Waals surface area contributed by atoms with E-state index in [1.807, 2.05) is 0 Å². The van der Waals surface area contributed by atoms with E-state index in [0.717, 1.165) is 12.1 Å². The number of carboxylic acid groups (broad SMARTS) is 1. The van der Waals surface area contributed by atoms with Crippen LogP contribution in [0.25, 0.3) is 0 Å². The Morgan fingerprint density at radius 3 is 2.48 bits per heavy atom. The van der Waals surface area contributed by atoms with Crippen molar-refractivity contribution in [1.82, 2.24) is 5.32 Å². The standard InChI is InChI=1S/C11H8Cl2N2O5S/c12-6-1-2-7(10(13)9(6)11(17)18)21(19,20)5-8(16)15-4-3-14/h1-2H,4-5H2,(H,15,16)(H,17,18). The first-order valence-electron chi connectivity index (χ1n) is 5.28. The number of carbonyl (C=O) groups excluding carboxylic acids is 1. The number of rotatable bonds is 5. The largest absolute Gasteiger partial charge is 0.478 e. The zero-order valence-electron chi connectivity index (χ0n) is 10.3. The molecule has 1 aromatic carbocycles. The number of carboxylic acids is 1. The molecule has 2 N–H and O–H groups in total. The summed E-state index contributed by atoms with van der Waals surface area (Å²) >= 11 is 11.4. The van der Waals surface area contributed by atoms with Crippen molar-refractivity contribution in [2.75, 3.05) is 12.3 Å². The van der Waals surface area contributed by atoms with Crippen molar-refractivity contribution < 1.29 is 23.1 Å². The van der Waals surface area contributed by atoms with Crippen LogP contribution in [0.15, 0.2) is 17.0 Å². The van der Waals surface area contributed by atoms with Gasteiger partial charge in [-0.2, -0.15) is 5.26 Å². The van der Waals surface area contributed by atoms with E-state index in [0.29, 0.717) is 0 Å². The van der Waals surface area contributed by atoms with Crippen LogP contribution in [-0.4, -0.2) is 37.7 Å². The van der Waals surface area contributed by atoms with Crippen molar-refractivity contribution in [2.45, 2.75) is 4.90 Å². The maximum Gasteiger partial charge on any atom is 0.338 e. The lowest BCUT2D eigenvalue weighted by atomic mass is 10.2. The molecule has 112 valence electrons. The zero-order chi connectivity index (χ0) is 16.2. The van der Waals surface area contributed by atoms with Crippen LogP contribution in [-0.2, 0) is 14.6 Å². The Labute approximate surface area is 130 Å². The van der Waals surface area contributed by atoms with E-state index in [2.05, 4.69) is 5.32 Å². The van der Waals surface area contributed by atoms with Gasteiger partial charge >= 0.3 is 5.97 Å². The summed E-state index contributed by atoms with van der Waals surface area (Å²) in [7, 11) is -4.17. The SMILES string of the molecule is N#CCNC(=O)CS(=O)(=O)c1ccc(Cl)c(C(=O)O)c1Cl. The Morgan fingerprint density at radius 1 is 1.33 bits per heavy atom. The molecule has 1 amide bonds. The fourth-order valence-corrected chi connectivity index (χ4v) is 3.55. The third kappa shape index (κ3) is 4.07. The number of hydrogen-bond donors (Lipinski definition) is 2. The van der Waals surface area contributed by atoms with Crippen molar-refractivity contribution in [3.05, 3.63) is 27.7 Å². The van der Waals surface area contributed by atoms with Gasteiger partial charge in [-0.25, -0.2) is 13.2 Å². The van der Waals surface area contributed by atoms with Crippen LogP contribution in [0.4, 0.5) is 0 Å². The Kier molecular flexibility index (Phi) is 5.54. The molecule has 0 aromatic heterocycles. The Balaban J connectivity index is 3.22. The summed E-state index contributed by atoms with van der Waals surface area (Å²) in [6.07, 6.45) is 0. The molecule has 0 spiro atoms. The fraction of sp³-hybridized carbons (Fsp3) is 0.182. The third-order valence-corrected chi connectivity index (χ3v) is 4.76. The highest BCUT2D eigenvalue weighted by molar-refractivity contribution is 7.92. The summed E-state index contributed by atoms with van der Waals surface area (Å²) in [5, 5.41) is 18.5. The second kappa shape index (κ2) is 6.76. The van der Waals surface area contributed by atoms with E-state index in [9.17, 15) is 18.0 Å². The predicted molar refractivity (Wildman–Crippen MR) is 74.1 cm³/mol. The van der Waals surface area contributed by atoms with Gasteiger partial charge in [0.05, 0.1) is 26.6 Å². The highest BCUT2D eigenvalue weighted by Crippen LogP contribution is 2.31. The second-order valence-corrected chi connectivity index (χ2v) is 6.48. The van der Waals surface area contributed by atoms with Crippen molar-refractivity contribution in [3.8, 4) is 6.07 Å². The molecule has 0 heterocycles. The minimum Gasteiger partial charge on any atom is -0.478 e. The lowest BCUT2D eigenvalue weighted by Gasteiger charge is -2.09. The summed E-state index contributed by atoms with van der Waals surface area (Å²) in [6, 6.07) is 3.70. The van der Waals surface area contributed by atoms with Gasteiger partial charge in [0.15, 0.2) is 9.84 Å². The first-order chi connectivity index (χ1) is 9.70. The van der Waals surface area contributed by atoms with Gasteiger partial charge in [-0.1, -0.05) is 23.2 Å². The van der Waals surface area contributed by atoms with Gasteiger partial charge in [0.2, 0.25) is 5.91 Å². The fourth-order valence-electron chi connectivity index (χ4n) is 1.41. The van der Waals surface area contributed by atoms with E-state index in [4.69, 9.17) is 33.6 Å². The number of aromatic carboxylic acids is 1. The van der Waals surface area contributed by atoms with Gasteiger partial charge in [0, 0.05) is 0 Å². The number of nitrogens with one attached hydrogen (secondary N) is 1. The van der Waals surface area contributed by atoms with Gasteiger partial charge in [0.1, 0.15) is 12.3 Å². The maximum atomic E-state index is 12.0. The highest BCUT2D eigenvalue weighted by atomic mass is 35.5. The van der Waals surface area contributed by atoms with Crippen LogP contribution in [0.3, 0.4) is 0 Å². The average molecular weight is 351 g/mol. The van der Waals surface area contributed by atoms with Crippen LogP contribution in [0, 0.1) is 11.3 Å². The molecule has 0 atom stereocenters. The summed E-state index contributed by atoms with van der Waals surface area (Å²) in [6.45, 7) is -0.344. The summed E-state index contributed by atoms with van der Waals surface area (Å²) in [5.41, 5.74) is -0.558. The van der Waals surface area contributed by atoms with E-state index in [-0.39, 0.29) is 11.6 Å². The van der Waals surface area contributed by atoms with E-state index in [1.165, 1.54) is 0 Å². The van der Waals surface area contributed by atoms with Gasteiger partial charge < -0.3 is 10.4 Å². The summed E-state index contributed by atoms with van der Waals surface area (Å²) in [5.74, 6) is -3.36. The van der Waals surface area contributed by atoms with Crippen LogP contribution in [0.2, 0.25) is 10.0 Å². The first kappa shape index (κ1) is 17.2. The van der Waals surface area contributed by atoms with E-state index in [1.54, 1.807) is 6.07 Å². The van der Waals surface area contributed by atoms with Crippen LogP contribution in [0.1, 0.15) is 10.4 Å². The molecule has 0 saturated carbocycles. The number of benzene rings is 1. The topological polar surface area (TPSA) is 124 Å². The molecule has 1 aromatic rings. The normalized spacial score (nSPS) is 10.7. The lowest BCUT2D eigenvalue weighted by molar-refractivity contribution is -0.118. The van der Waals surface area contributed by atoms with E-state index < -0.39 is 42.9 Å². The minimum atomic E-state index is -4.17. The zero-order valence-corrected chi connectivity index (χ0v) is 12.6. The molecule has 0 fully saturated rings. The van der Waals surface area contributed by atoms with Crippen molar-refractivity contribution in [1.29, 1.82) is 5.26 Å². The molecule has 0 aliphatic heterocycles. The minimum absolute atomic E-state index is 0.222. The molecule has 10 heteroatoms. The monoisotopic (exact) mass is 350 g/mol. The third-order valence-electron chi connectivity index (χ3n) is 2.29. The molecular weight excluding hydrogens is 343 g/mol. The molecule has 0 aliphatic rings. The second-order valence-electron chi connectivity index (χ2n) is 3.73. The average Bonchev–Trinajstić information content (AvgIpc) is 2.34. The first-order valence-corrected chi connectivity index (χ1v) is 7.69. The Morgan fingerprint density at radius 2 is 1.95 bits per heavy atom. The number of nitrogens with zero attached hydrogens (tertiary/aromatic N) is 1. The van der Waals surface area contributed by atoms with Gasteiger partial charge in [-0.15, -0.1) is 0 Å². The predicted octanol–water partition coefficient (Wildman–Crippen LogP) is 1.11. The van der Waals surface area contributed by atoms with E-state index >= 15 is 0 Å². The Bertz CT molecular complexity index is 740. The highest BCUT2D eigenvalue weighted by Gasteiger charge is 2.26. The number of halogens is 2. The molecule has 21 heavy (non-hydrogen) atoms. The molecule has 0 aliphatic carbocycles. The quantitative estimate of drug-likeness (QED) is 0.766. The number of nitriles is 1. The van der Waals surface area contributed by atoms with Crippen LogP contribution >= 0.6 is 23.2 Å². The van der Waals surface area contributed by atoms with Crippen LogP contribution < -0.4 is 5.32 Å². The van der Waals surface area contributed by atoms with Crippen molar-refractivity contribution in [2.24, 2.45) is 0 Å². The molecular formula is C11H8Cl2N2O5S. The summed E-state index contributed by atoms with van der Waals surface area (Å²) < 4.78 is 24.1. The molecule has 0 unspecified atom stereocenters. The lowest BCUT2D eigenvalue weighted by Crippen LogP contribution is -2.30. The maximum absolute atomic E-state index is 12.0. The molecule has 1 rings (SSSR count). The van der Waals surface area contributed by atoms with Gasteiger partial charge in [-0.3, -0.25) is 4.79 Å². The molecule has 0 radical (unpaired) electrons. The number of carbonyl (C=O) groups is 2. The molecule has 0 saturated heterocycles. The number of amides is 1.